The van der Waals surface area contributed by atoms with Crippen LogP contribution in [-0.2, 0) is 19.4 Å². The maximum Gasteiger partial charge on any atom is 0.123 e. The van der Waals surface area contributed by atoms with Crippen molar-refractivity contribution in [3.05, 3.63) is 63.1 Å². The summed E-state index contributed by atoms with van der Waals surface area (Å²) in [5.41, 5.74) is 5.46. The summed E-state index contributed by atoms with van der Waals surface area (Å²) in [6.45, 7) is 2.72. The number of benzene rings is 2. The van der Waals surface area contributed by atoms with Gasteiger partial charge in [0.2, 0.25) is 0 Å². The van der Waals surface area contributed by atoms with Gasteiger partial charge in [0.1, 0.15) is 12.4 Å². The Morgan fingerprint density at radius 2 is 1.89 bits per heavy atom. The summed E-state index contributed by atoms with van der Waals surface area (Å²) < 4.78 is 6.99. The quantitative estimate of drug-likeness (QED) is 0.788. The van der Waals surface area contributed by atoms with Crippen LogP contribution in [-0.4, -0.2) is 0 Å². The molecule has 0 unspecified atom stereocenters. The first-order valence-electron chi connectivity index (χ1n) is 6.72. The molecule has 3 rings (SSSR count). The van der Waals surface area contributed by atoms with Gasteiger partial charge in [-0.3, -0.25) is 0 Å². The number of halogens is 1. The summed E-state index contributed by atoms with van der Waals surface area (Å²) >= 11 is 3.48. The van der Waals surface area contributed by atoms with Crippen LogP contribution in [0.1, 0.15) is 28.7 Å². The lowest BCUT2D eigenvalue weighted by atomic mass is 10.1. The number of hydrogen-bond donors (Lipinski definition) is 0. The van der Waals surface area contributed by atoms with E-state index in [0.29, 0.717) is 6.61 Å². The predicted molar refractivity (Wildman–Crippen MR) is 81.7 cm³/mol. The molecule has 0 spiro atoms. The minimum atomic E-state index is 0.643. The van der Waals surface area contributed by atoms with Crippen molar-refractivity contribution in [3.8, 4) is 5.75 Å². The van der Waals surface area contributed by atoms with Gasteiger partial charge in [0.15, 0.2) is 0 Å². The van der Waals surface area contributed by atoms with E-state index >= 15 is 0 Å². The average Bonchev–Trinajstić information content (AvgIpc) is 2.87. The van der Waals surface area contributed by atoms with Gasteiger partial charge in [-0.15, -0.1) is 0 Å². The van der Waals surface area contributed by atoms with Gasteiger partial charge in [-0.05, 0) is 60.6 Å². The van der Waals surface area contributed by atoms with E-state index in [2.05, 4.69) is 47.1 Å². The molecule has 0 bridgehead atoms. The van der Waals surface area contributed by atoms with Crippen molar-refractivity contribution in [1.82, 2.24) is 0 Å². The molecule has 19 heavy (non-hydrogen) atoms. The van der Waals surface area contributed by atoms with Crippen molar-refractivity contribution in [2.24, 2.45) is 0 Å². The molecule has 0 saturated heterocycles. The number of hydrogen-bond acceptors (Lipinski definition) is 1. The second-order valence-electron chi connectivity index (χ2n) is 5.16. The first-order chi connectivity index (χ1) is 9.22. The molecule has 98 valence electrons. The topological polar surface area (TPSA) is 9.23 Å². The van der Waals surface area contributed by atoms with Crippen LogP contribution in [0.5, 0.6) is 5.75 Å². The third kappa shape index (κ3) is 2.84. The molecule has 1 aliphatic carbocycles. The van der Waals surface area contributed by atoms with Crippen LogP contribution in [0.3, 0.4) is 0 Å². The van der Waals surface area contributed by atoms with Crippen molar-refractivity contribution in [3.63, 3.8) is 0 Å². The minimum Gasteiger partial charge on any atom is -0.489 e. The van der Waals surface area contributed by atoms with Gasteiger partial charge in [0.25, 0.3) is 0 Å². The zero-order chi connectivity index (χ0) is 13.2. The minimum absolute atomic E-state index is 0.643. The number of rotatable bonds is 3. The van der Waals surface area contributed by atoms with E-state index in [1.54, 1.807) is 0 Å². The summed E-state index contributed by atoms with van der Waals surface area (Å²) in [7, 11) is 0. The van der Waals surface area contributed by atoms with E-state index in [9.17, 15) is 0 Å². The number of fused-ring (bicyclic) bond motifs is 1. The van der Waals surface area contributed by atoms with Crippen LogP contribution in [0, 0.1) is 6.92 Å². The van der Waals surface area contributed by atoms with Crippen molar-refractivity contribution in [2.45, 2.75) is 32.8 Å². The largest absolute Gasteiger partial charge is 0.489 e. The second kappa shape index (κ2) is 5.38. The number of ether oxygens (including phenoxy) is 1. The fourth-order valence-corrected chi connectivity index (χ4v) is 2.95. The lowest BCUT2D eigenvalue weighted by Crippen LogP contribution is -1.98. The molecule has 1 nitrogen and oxygen atoms in total. The molecule has 1 aliphatic rings. The third-order valence-electron chi connectivity index (χ3n) is 3.71. The van der Waals surface area contributed by atoms with E-state index in [4.69, 9.17) is 4.74 Å². The molecule has 0 N–H and O–H groups in total. The first-order valence-corrected chi connectivity index (χ1v) is 7.51. The van der Waals surface area contributed by atoms with Crippen LogP contribution in [0.2, 0.25) is 0 Å². The Morgan fingerprint density at radius 3 is 2.79 bits per heavy atom. The lowest BCUT2D eigenvalue weighted by Gasteiger charge is -2.10. The Kier molecular flexibility index (Phi) is 3.61. The SMILES string of the molecule is Cc1ccc(Br)cc1OCc1ccc2c(c1)CCC2. The molecule has 0 saturated carbocycles. The van der Waals surface area contributed by atoms with Crippen LogP contribution in [0.4, 0.5) is 0 Å². The normalized spacial score (nSPS) is 13.4. The number of aryl methyl sites for hydroxylation is 3. The molecule has 0 aliphatic heterocycles. The van der Waals surface area contributed by atoms with Gasteiger partial charge in [-0.1, -0.05) is 40.2 Å². The Morgan fingerprint density at radius 1 is 1.05 bits per heavy atom. The van der Waals surface area contributed by atoms with Gasteiger partial charge in [-0.2, -0.15) is 0 Å². The maximum atomic E-state index is 5.93. The maximum absolute atomic E-state index is 5.93. The fraction of sp³-hybridized carbons (Fsp3) is 0.294. The molecule has 2 aromatic rings. The summed E-state index contributed by atoms with van der Waals surface area (Å²) in [5.74, 6) is 0.954. The molecular weight excluding hydrogens is 300 g/mol. The lowest BCUT2D eigenvalue weighted by molar-refractivity contribution is 0.304. The highest BCUT2D eigenvalue weighted by atomic mass is 79.9. The van der Waals surface area contributed by atoms with Gasteiger partial charge in [-0.25, -0.2) is 0 Å². The highest BCUT2D eigenvalue weighted by Crippen LogP contribution is 2.26. The molecule has 0 atom stereocenters. The molecular formula is C17H17BrO. The van der Waals surface area contributed by atoms with Gasteiger partial charge in [0, 0.05) is 4.47 Å². The van der Waals surface area contributed by atoms with Crippen LogP contribution in [0.25, 0.3) is 0 Å². The van der Waals surface area contributed by atoms with Gasteiger partial charge >= 0.3 is 0 Å². The highest BCUT2D eigenvalue weighted by molar-refractivity contribution is 9.10. The zero-order valence-electron chi connectivity index (χ0n) is 11.1. The van der Waals surface area contributed by atoms with E-state index in [1.807, 2.05) is 12.1 Å². The summed E-state index contributed by atoms with van der Waals surface area (Å²) in [4.78, 5) is 0. The average molecular weight is 317 g/mol. The van der Waals surface area contributed by atoms with Crippen molar-refractivity contribution in [2.75, 3.05) is 0 Å². The Hall–Kier alpha value is -1.28. The Balaban J connectivity index is 1.74. The van der Waals surface area contributed by atoms with E-state index in [0.717, 1.165) is 10.2 Å². The molecule has 0 radical (unpaired) electrons. The fourth-order valence-electron chi connectivity index (χ4n) is 2.61. The summed E-state index contributed by atoms with van der Waals surface area (Å²) in [6.07, 6.45) is 3.75. The molecule has 2 heteroatoms. The van der Waals surface area contributed by atoms with Gasteiger partial charge < -0.3 is 4.74 Å². The van der Waals surface area contributed by atoms with Crippen molar-refractivity contribution < 1.29 is 4.74 Å². The highest BCUT2D eigenvalue weighted by Gasteiger charge is 2.11. The molecule has 0 amide bonds. The van der Waals surface area contributed by atoms with Crippen molar-refractivity contribution in [1.29, 1.82) is 0 Å². The van der Waals surface area contributed by atoms with E-state index in [1.165, 1.54) is 41.5 Å². The summed E-state index contributed by atoms with van der Waals surface area (Å²) in [6, 6.07) is 12.9. The first kappa shape index (κ1) is 12.7. The Labute approximate surface area is 122 Å². The molecule has 0 heterocycles. The Bertz CT molecular complexity index is 604. The zero-order valence-corrected chi connectivity index (χ0v) is 12.7. The van der Waals surface area contributed by atoms with Gasteiger partial charge in [0.05, 0.1) is 0 Å². The second-order valence-corrected chi connectivity index (χ2v) is 6.07. The monoisotopic (exact) mass is 316 g/mol. The van der Waals surface area contributed by atoms with Crippen LogP contribution in [0.15, 0.2) is 40.9 Å². The molecule has 2 aromatic carbocycles. The summed E-state index contributed by atoms with van der Waals surface area (Å²) in [5, 5.41) is 0. The predicted octanol–water partition coefficient (Wildman–Crippen LogP) is 4.83. The van der Waals surface area contributed by atoms with Crippen LogP contribution < -0.4 is 4.74 Å². The standard InChI is InChI=1S/C17H17BrO/c1-12-5-8-16(18)10-17(12)19-11-13-6-7-14-3-2-4-15(14)9-13/h5-10H,2-4,11H2,1H3. The van der Waals surface area contributed by atoms with Crippen molar-refractivity contribution >= 4 is 15.9 Å². The van der Waals surface area contributed by atoms with E-state index < -0.39 is 0 Å². The third-order valence-corrected chi connectivity index (χ3v) is 4.20. The molecule has 0 aromatic heterocycles. The smallest absolute Gasteiger partial charge is 0.123 e. The van der Waals surface area contributed by atoms with Crippen LogP contribution >= 0.6 is 15.9 Å². The molecule has 0 fully saturated rings. The van der Waals surface area contributed by atoms with E-state index in [-0.39, 0.29) is 0 Å².